The summed E-state index contributed by atoms with van der Waals surface area (Å²) in [4.78, 5) is 5.03. The number of benzene rings is 2. The Labute approximate surface area is 174 Å². The Balaban J connectivity index is 1.49. The Bertz CT molecular complexity index is 993. The van der Waals surface area contributed by atoms with Gasteiger partial charge in [0.05, 0.1) is 21.3 Å². The molecule has 1 aliphatic heterocycles. The maximum absolute atomic E-state index is 12.5. The van der Waals surface area contributed by atoms with Crippen molar-refractivity contribution in [1.82, 2.24) is 9.80 Å². The van der Waals surface area contributed by atoms with E-state index in [1.165, 1.54) is 0 Å². The largest absolute Gasteiger partial charge is 0.300 e. The molecule has 3 rings (SSSR count). The number of hydrogen-bond donors (Lipinski definition) is 0. The lowest BCUT2D eigenvalue weighted by Gasteiger charge is -2.39. The molecule has 6 nitrogen and oxygen atoms in total. The van der Waals surface area contributed by atoms with Crippen molar-refractivity contribution < 1.29 is 16.8 Å². The summed E-state index contributed by atoms with van der Waals surface area (Å²) in [5.74, 6) is 0.176. The molecule has 1 unspecified atom stereocenters. The summed E-state index contributed by atoms with van der Waals surface area (Å²) >= 11 is 0. The normalized spacial score (nSPS) is 19.3. The highest BCUT2D eigenvalue weighted by Crippen LogP contribution is 2.15. The minimum absolute atomic E-state index is 0.0870. The summed E-state index contributed by atoms with van der Waals surface area (Å²) in [5, 5.41) is 0. The van der Waals surface area contributed by atoms with Crippen molar-refractivity contribution in [2.45, 2.75) is 22.8 Å². The van der Waals surface area contributed by atoms with E-state index >= 15 is 0 Å². The van der Waals surface area contributed by atoms with Crippen molar-refractivity contribution in [2.24, 2.45) is 0 Å². The number of nitrogens with zero attached hydrogens (tertiary/aromatic N) is 2. The first-order valence-corrected chi connectivity index (χ1v) is 13.1. The monoisotopic (exact) mass is 436 g/mol. The van der Waals surface area contributed by atoms with Crippen LogP contribution in [0.5, 0.6) is 0 Å². The molecule has 0 aliphatic carbocycles. The Morgan fingerprint density at radius 1 is 0.759 bits per heavy atom. The molecular formula is C21H28N2O4S2. The van der Waals surface area contributed by atoms with Crippen LogP contribution in [-0.4, -0.2) is 76.9 Å². The van der Waals surface area contributed by atoms with Crippen LogP contribution in [0.3, 0.4) is 0 Å². The van der Waals surface area contributed by atoms with Gasteiger partial charge in [-0.3, -0.25) is 9.80 Å². The molecule has 0 amide bonds. The van der Waals surface area contributed by atoms with Gasteiger partial charge in [0.15, 0.2) is 19.7 Å². The molecule has 158 valence electrons. The summed E-state index contributed by atoms with van der Waals surface area (Å²) in [6.45, 7) is 5.23. The van der Waals surface area contributed by atoms with Crippen LogP contribution in [0.2, 0.25) is 0 Å². The fourth-order valence-electron chi connectivity index (χ4n) is 3.58. The van der Waals surface area contributed by atoms with Gasteiger partial charge in [0.25, 0.3) is 0 Å². The van der Waals surface area contributed by atoms with Crippen LogP contribution in [-0.2, 0) is 19.7 Å². The minimum Gasteiger partial charge on any atom is -0.300 e. The molecular weight excluding hydrogens is 408 g/mol. The molecule has 29 heavy (non-hydrogen) atoms. The van der Waals surface area contributed by atoms with Crippen molar-refractivity contribution >= 4 is 19.7 Å². The zero-order valence-electron chi connectivity index (χ0n) is 16.6. The van der Waals surface area contributed by atoms with Gasteiger partial charge in [-0.15, -0.1) is 0 Å². The van der Waals surface area contributed by atoms with Crippen molar-refractivity contribution in [2.75, 3.05) is 44.2 Å². The van der Waals surface area contributed by atoms with Crippen LogP contribution < -0.4 is 0 Å². The predicted octanol–water partition coefficient (Wildman–Crippen LogP) is 1.94. The molecule has 2 aromatic rings. The molecule has 1 aliphatic rings. The van der Waals surface area contributed by atoms with Gasteiger partial charge in [-0.1, -0.05) is 36.4 Å². The zero-order chi connectivity index (χ0) is 20.9. The first-order valence-electron chi connectivity index (χ1n) is 9.80. The van der Waals surface area contributed by atoms with Crippen LogP contribution in [0.4, 0.5) is 0 Å². The van der Waals surface area contributed by atoms with E-state index in [9.17, 15) is 16.8 Å². The first kappa shape index (κ1) is 22.0. The molecule has 1 heterocycles. The zero-order valence-corrected chi connectivity index (χ0v) is 18.3. The topological polar surface area (TPSA) is 74.8 Å². The van der Waals surface area contributed by atoms with Crippen molar-refractivity contribution in [1.29, 1.82) is 0 Å². The van der Waals surface area contributed by atoms with E-state index in [1.807, 2.05) is 0 Å². The van der Waals surface area contributed by atoms with Crippen LogP contribution in [0.25, 0.3) is 0 Å². The van der Waals surface area contributed by atoms with Crippen molar-refractivity contribution in [3.05, 3.63) is 60.7 Å². The van der Waals surface area contributed by atoms with Gasteiger partial charge >= 0.3 is 0 Å². The summed E-state index contributed by atoms with van der Waals surface area (Å²) in [5.41, 5.74) is 0. The number of rotatable bonds is 8. The molecule has 8 heteroatoms. The standard InChI is InChI=1S/C21H28N2O4S2/c1-19-18-22(14-16-28(24,25)20-8-4-2-5-9-20)12-13-23(19)15-17-29(26,27)21-10-6-3-7-11-21/h2-11,19H,12-18H2,1H3. The van der Waals surface area contributed by atoms with Gasteiger partial charge in [0.2, 0.25) is 0 Å². The van der Waals surface area contributed by atoms with Gasteiger partial charge in [-0.25, -0.2) is 16.8 Å². The molecule has 0 N–H and O–H groups in total. The van der Waals surface area contributed by atoms with Gasteiger partial charge < -0.3 is 0 Å². The first-order chi connectivity index (χ1) is 13.8. The molecule has 1 fully saturated rings. The fourth-order valence-corrected chi connectivity index (χ4v) is 6.17. The van der Waals surface area contributed by atoms with E-state index in [1.54, 1.807) is 60.7 Å². The van der Waals surface area contributed by atoms with Crippen molar-refractivity contribution in [3.8, 4) is 0 Å². The van der Waals surface area contributed by atoms with E-state index < -0.39 is 19.7 Å². The number of hydrogen-bond acceptors (Lipinski definition) is 6. The predicted molar refractivity (Wildman–Crippen MR) is 114 cm³/mol. The molecule has 0 spiro atoms. The van der Waals surface area contributed by atoms with Gasteiger partial charge in [-0.2, -0.15) is 0 Å². The third kappa shape index (κ3) is 5.88. The number of piperazine rings is 1. The maximum atomic E-state index is 12.5. The quantitative estimate of drug-likeness (QED) is 0.630. The third-order valence-corrected chi connectivity index (χ3v) is 8.80. The van der Waals surface area contributed by atoms with Crippen LogP contribution in [0.15, 0.2) is 70.5 Å². The van der Waals surface area contributed by atoms with E-state index in [-0.39, 0.29) is 17.5 Å². The highest BCUT2D eigenvalue weighted by Gasteiger charge is 2.26. The number of sulfone groups is 2. The summed E-state index contributed by atoms with van der Waals surface area (Å²) in [6, 6.07) is 17.2. The second-order valence-electron chi connectivity index (χ2n) is 7.45. The second-order valence-corrected chi connectivity index (χ2v) is 11.7. The summed E-state index contributed by atoms with van der Waals surface area (Å²) in [6.07, 6.45) is 0. The average Bonchev–Trinajstić information content (AvgIpc) is 2.73. The van der Waals surface area contributed by atoms with E-state index in [0.717, 1.165) is 19.6 Å². The van der Waals surface area contributed by atoms with Crippen LogP contribution >= 0.6 is 0 Å². The Hall–Kier alpha value is -1.74. The highest BCUT2D eigenvalue weighted by molar-refractivity contribution is 7.91. The molecule has 0 aromatic heterocycles. The Morgan fingerprint density at radius 3 is 1.72 bits per heavy atom. The van der Waals surface area contributed by atoms with Crippen molar-refractivity contribution in [3.63, 3.8) is 0 Å². The van der Waals surface area contributed by atoms with Gasteiger partial charge in [-0.05, 0) is 31.2 Å². The molecule has 1 saturated heterocycles. The minimum atomic E-state index is -3.29. The maximum Gasteiger partial charge on any atom is 0.179 e. The highest BCUT2D eigenvalue weighted by atomic mass is 32.2. The molecule has 0 radical (unpaired) electrons. The van der Waals surface area contributed by atoms with E-state index in [2.05, 4.69) is 16.7 Å². The Kier molecular flexibility index (Phi) is 7.10. The third-order valence-electron chi connectivity index (χ3n) is 5.38. The SMILES string of the molecule is CC1CN(CCS(=O)(=O)c2ccccc2)CCN1CCS(=O)(=O)c1ccccc1. The smallest absolute Gasteiger partial charge is 0.179 e. The lowest BCUT2D eigenvalue weighted by atomic mass is 10.2. The van der Waals surface area contributed by atoms with E-state index in [4.69, 9.17) is 0 Å². The van der Waals surface area contributed by atoms with Crippen LogP contribution in [0.1, 0.15) is 6.92 Å². The average molecular weight is 437 g/mol. The molecule has 0 saturated carbocycles. The van der Waals surface area contributed by atoms with E-state index in [0.29, 0.717) is 22.9 Å². The molecule has 0 bridgehead atoms. The fraction of sp³-hybridized carbons (Fsp3) is 0.429. The lowest BCUT2D eigenvalue weighted by Crippen LogP contribution is -2.53. The Morgan fingerprint density at radius 2 is 1.24 bits per heavy atom. The molecule has 1 atom stereocenters. The van der Waals surface area contributed by atoms with Crippen LogP contribution in [0, 0.1) is 0 Å². The lowest BCUT2D eigenvalue weighted by molar-refractivity contribution is 0.0929. The molecule has 2 aromatic carbocycles. The summed E-state index contributed by atoms with van der Waals surface area (Å²) < 4.78 is 49.9. The van der Waals surface area contributed by atoms with Gasteiger partial charge in [0.1, 0.15) is 0 Å². The summed E-state index contributed by atoms with van der Waals surface area (Å²) in [7, 11) is -6.58. The van der Waals surface area contributed by atoms with Gasteiger partial charge in [0, 0.05) is 38.8 Å². The second kappa shape index (κ2) is 9.38.